The average Bonchev–Trinajstić information content (AvgIpc) is 1.23. The van der Waals surface area contributed by atoms with E-state index in [9.17, 15) is 80.5 Å². The fraction of sp³-hybridized carbons (Fsp3) is 0.603. The molecular weight excluding hydrogens is 1520 g/mol. The largest absolute Gasteiger partial charge is 0.507 e. The first kappa shape index (κ1) is 87.4. The number of aliphatic hydroxyl groups excluding tert-OH is 8. The number of aliphatic carboxylic acids is 1. The van der Waals surface area contributed by atoms with Gasteiger partial charge in [-0.05, 0) is 157 Å². The van der Waals surface area contributed by atoms with Crippen molar-refractivity contribution in [2.24, 2.45) is 5.92 Å². The van der Waals surface area contributed by atoms with E-state index in [1.54, 1.807) is 45.6 Å². The van der Waals surface area contributed by atoms with Gasteiger partial charge in [0.05, 0.1) is 101 Å². The Labute approximate surface area is 659 Å². The zero-order valence-electron chi connectivity index (χ0n) is 65.1. The van der Waals surface area contributed by atoms with E-state index in [4.69, 9.17) is 58.5 Å². The first-order valence-electron chi connectivity index (χ1n) is 37.9. The molecule has 5 fully saturated rings. The van der Waals surface area contributed by atoms with Crippen molar-refractivity contribution in [1.29, 1.82) is 0 Å². The summed E-state index contributed by atoms with van der Waals surface area (Å²) in [7, 11) is 1.18. The van der Waals surface area contributed by atoms with E-state index in [1.807, 2.05) is 13.0 Å². The van der Waals surface area contributed by atoms with Crippen LogP contribution in [0.15, 0.2) is 47.3 Å². The second kappa shape index (κ2) is 36.6. The van der Waals surface area contributed by atoms with Crippen LogP contribution in [0.1, 0.15) is 142 Å². The number of fused-ring (bicyclic) bond motifs is 3. The number of phenols is 2. The van der Waals surface area contributed by atoms with Gasteiger partial charge in [-0.3, -0.25) is 19.2 Å². The summed E-state index contributed by atoms with van der Waals surface area (Å²) in [6.07, 6.45) is -21.3. The van der Waals surface area contributed by atoms with E-state index in [2.05, 4.69) is 41.8 Å². The number of rotatable bonds is 25. The Kier molecular flexibility index (Phi) is 27.8. The van der Waals surface area contributed by atoms with Crippen molar-refractivity contribution < 1.29 is 137 Å². The van der Waals surface area contributed by atoms with Crippen LogP contribution in [0.3, 0.4) is 0 Å². The Bertz CT molecular complexity index is 4560. The molecule has 37 heteroatoms. The summed E-state index contributed by atoms with van der Waals surface area (Å²) in [5.41, 5.74) is 0.609. The molecule has 0 saturated carbocycles. The van der Waals surface area contributed by atoms with Crippen LogP contribution in [0.4, 0.5) is 10.1 Å². The number of terminal acetylenes is 1. The van der Waals surface area contributed by atoms with Crippen LogP contribution in [0.5, 0.6) is 17.2 Å². The summed E-state index contributed by atoms with van der Waals surface area (Å²) in [6, 6.07) is 9.29. The van der Waals surface area contributed by atoms with Gasteiger partial charge in [0, 0.05) is 69.3 Å². The molecule has 1 aliphatic carbocycles. The molecule has 5 aliphatic heterocycles. The first-order valence-corrected chi connectivity index (χ1v) is 37.9. The van der Waals surface area contributed by atoms with E-state index in [0.29, 0.717) is 28.2 Å². The number of hydrogen-bond acceptors (Lipinski definition) is 32. The topological polar surface area (TPSA) is 528 Å². The van der Waals surface area contributed by atoms with E-state index < -0.39 is 200 Å². The van der Waals surface area contributed by atoms with Gasteiger partial charge < -0.3 is 129 Å². The predicted octanol–water partition coefficient (Wildman–Crippen LogP) is 1.40. The van der Waals surface area contributed by atoms with Crippen molar-refractivity contribution in [2.75, 3.05) is 18.6 Å². The van der Waals surface area contributed by atoms with Gasteiger partial charge in [0.25, 0.3) is 11.5 Å². The smallest absolute Gasteiger partial charge is 0.326 e. The lowest BCUT2D eigenvalue weighted by Crippen LogP contribution is -2.58. The van der Waals surface area contributed by atoms with Crippen LogP contribution in [0, 0.1) is 44.9 Å². The Morgan fingerprint density at radius 3 is 1.95 bits per heavy atom. The number of hydrogen-bond donors (Lipinski definition) is 15. The second-order valence-electron chi connectivity index (χ2n) is 30.6. The highest BCUT2D eigenvalue weighted by molar-refractivity contribution is 6.11. The van der Waals surface area contributed by atoms with Gasteiger partial charge in [-0.1, -0.05) is 5.92 Å². The number of aromatic nitrogens is 6. The highest BCUT2D eigenvalue weighted by Gasteiger charge is 2.52. The Hall–Kier alpha value is -8.44. The minimum atomic E-state index is -1.95. The van der Waals surface area contributed by atoms with Crippen LogP contribution in [0.25, 0.3) is 21.7 Å². The molecule has 15 N–H and O–H groups in total. The maximum atomic E-state index is 15.1. The number of amides is 1. The molecule has 1 unspecified atom stereocenters. The molecule has 0 spiro atoms. The molecule has 6 aliphatic rings. The number of nitrogens with one attached hydrogen (secondary N) is 3. The zero-order chi connectivity index (χ0) is 83.7. The van der Waals surface area contributed by atoms with E-state index in [0.717, 1.165) is 17.2 Å². The number of phenolic OH excluding ortho intramolecular Hbond substituents is 2. The molecule has 4 aromatic carbocycles. The summed E-state index contributed by atoms with van der Waals surface area (Å²) < 4.78 is 81.6. The molecule has 7 heterocycles. The first-order chi connectivity index (χ1) is 54.3. The lowest BCUT2D eigenvalue weighted by atomic mass is 9.75. The SMILES string of the molecule is C#CCN(Cc1cc2c(=O)nc(C)[nH]c2cc1C)c1ccc(C(=O)N[C@@H](CCc2nnn[nH]2)C(=O)O)c(F)c1.CO[C@H](C(=O)[C@@H](O)[C@@H](C)O)C1Cc2cc3cc(O[C@H]4C[C@@H](O[C@H]5C[C@@H](O)[C@H](O)[C@@H](C)O5)[C@@H](O)[C@@H](C)O4)c(C)c(O)c3c(O)c2C(=O)[C@H]1O[C@H]1C[C@@H](O[C@H]2C[C@@H](O[C@H]3C[C@](C)(O)[C@H](O)[C@@H](C)O3)[C@H](O)[C@@H](C)O2)[C@H](O)[C@@H](C)O1. The number of nitrogens with zero attached hydrogens (tertiary/aromatic N) is 5. The van der Waals surface area contributed by atoms with Crippen molar-refractivity contribution in [2.45, 2.75) is 280 Å². The van der Waals surface area contributed by atoms with Gasteiger partial charge in [-0.25, -0.2) is 14.3 Å². The van der Waals surface area contributed by atoms with E-state index in [1.165, 1.54) is 59.1 Å². The van der Waals surface area contributed by atoms with Gasteiger partial charge in [-0.15, -0.1) is 11.5 Å². The Morgan fingerprint density at radius 1 is 0.783 bits per heavy atom. The zero-order valence-corrected chi connectivity index (χ0v) is 65.1. The fourth-order valence-corrected chi connectivity index (χ4v) is 15.5. The molecule has 5 saturated heterocycles. The minimum Gasteiger partial charge on any atom is -0.507 e. The van der Waals surface area contributed by atoms with Crippen molar-refractivity contribution in [3.8, 4) is 29.6 Å². The number of anilines is 1. The lowest BCUT2D eigenvalue weighted by molar-refractivity contribution is -0.334. The molecule has 628 valence electrons. The third kappa shape index (κ3) is 19.6. The van der Waals surface area contributed by atoms with Gasteiger partial charge in [0.2, 0.25) is 6.29 Å². The van der Waals surface area contributed by atoms with Gasteiger partial charge in [0.15, 0.2) is 36.7 Å². The third-order valence-electron chi connectivity index (χ3n) is 22.0. The highest BCUT2D eigenvalue weighted by atomic mass is 19.1. The lowest BCUT2D eigenvalue weighted by Gasteiger charge is -2.46. The van der Waals surface area contributed by atoms with Crippen molar-refractivity contribution in [3.05, 3.63) is 104 Å². The van der Waals surface area contributed by atoms with Crippen molar-refractivity contribution >= 4 is 50.8 Å². The third-order valence-corrected chi connectivity index (χ3v) is 22.0. The molecule has 2 aromatic heterocycles. The molecule has 12 rings (SSSR count). The minimum absolute atomic E-state index is 0.00334. The van der Waals surface area contributed by atoms with Crippen LogP contribution >= 0.6 is 0 Å². The summed E-state index contributed by atoms with van der Waals surface area (Å²) in [4.78, 5) is 74.4. The molecule has 1 amide bonds. The normalized spacial score (nSPS) is 32.0. The predicted molar refractivity (Wildman–Crippen MR) is 398 cm³/mol. The Balaban J connectivity index is 0.000000279. The molecular formula is C78H101FN8O28. The quantitative estimate of drug-likeness (QED) is 0.0360. The van der Waals surface area contributed by atoms with Gasteiger partial charge >= 0.3 is 5.97 Å². The van der Waals surface area contributed by atoms with Crippen LogP contribution in [-0.4, -0.2) is 282 Å². The molecule has 36 nitrogen and oxygen atoms in total. The fourth-order valence-electron chi connectivity index (χ4n) is 15.5. The number of carbonyl (C=O) groups excluding carboxylic acids is 3. The summed E-state index contributed by atoms with van der Waals surface area (Å²) in [5, 5.41) is 145. The number of ether oxygens (including phenoxy) is 11. The number of tetrazole rings is 1. The number of benzene rings is 4. The summed E-state index contributed by atoms with van der Waals surface area (Å²) in [6.45, 7) is 16.1. The molecule has 0 radical (unpaired) electrons. The van der Waals surface area contributed by atoms with Crippen LogP contribution in [-0.2, 0) is 76.3 Å². The maximum Gasteiger partial charge on any atom is 0.326 e. The average molecular weight is 1620 g/mol. The Morgan fingerprint density at radius 2 is 1.37 bits per heavy atom. The van der Waals surface area contributed by atoms with Gasteiger partial charge in [-0.2, -0.15) is 4.98 Å². The number of aryl methyl sites for hydroxylation is 3. The second-order valence-corrected chi connectivity index (χ2v) is 30.6. The van der Waals surface area contributed by atoms with Crippen molar-refractivity contribution in [1.82, 2.24) is 35.9 Å². The number of Topliss-reactive ketones (excluding diaryl/α,β-unsaturated/α-hetero) is 2. The number of aromatic hydroxyl groups is 2. The van der Waals surface area contributed by atoms with Gasteiger partial charge in [0.1, 0.15) is 89.6 Å². The number of ketones is 2. The molecule has 6 aromatic rings. The van der Waals surface area contributed by atoms with E-state index in [-0.39, 0.29) is 109 Å². The molecule has 115 heavy (non-hydrogen) atoms. The number of carbonyl (C=O) groups is 4. The highest BCUT2D eigenvalue weighted by Crippen LogP contribution is 2.48. The summed E-state index contributed by atoms with van der Waals surface area (Å²) >= 11 is 0. The number of carboxylic acid groups (broad SMARTS) is 1. The van der Waals surface area contributed by atoms with Crippen molar-refractivity contribution in [3.63, 3.8) is 0 Å². The number of carboxylic acids is 1. The van der Waals surface area contributed by atoms with Crippen LogP contribution in [0.2, 0.25) is 0 Å². The summed E-state index contributed by atoms with van der Waals surface area (Å²) in [5.74, 6) is -3.65. The number of aliphatic hydroxyl groups is 9. The monoisotopic (exact) mass is 1620 g/mol. The molecule has 26 atom stereocenters. The van der Waals surface area contributed by atoms with Crippen LogP contribution < -0.4 is 20.5 Å². The number of halogens is 1. The van der Waals surface area contributed by atoms with E-state index >= 15 is 9.18 Å². The molecule has 0 bridgehead atoms. The standard InChI is InChI=1S/C52H76O24.C26H25FN8O4/c1-18-29(72-34-14-30(43(58)21(4)68-34)73-33-13-28(54)42(57)20(3)67-33)12-26-10-25-11-27(49(66-9)48(63)41(56)19(2)53)50(47(62)39(25)46(61)38(26)40(18)55)76-36-16-31(44(59)23(6)70-36)74-35-15-32(45(60)22(5)69-35)75-37-17-52(8,65)51(64)24(7)71-37;1-4-9-35(13-16-11-19-22(10-14(16)2)28-15(3)29-25(19)37)17-5-6-18(20(27)12-17)24(36)30-21(26(38)39)7-8-23-31-33-34-32-23/h10,12,19-24,27-28,30-37,41-45,49-51,53-61,64-65H,11,13-17H2,1-9H3;1,5-6,10-12,21H,7-9,13H2,2-3H3,(H,30,36)(H,38,39)(H,28,29,37)(H,31,32,33,34)/t19-,20-,21-,22-,23-,24-,27?,28-,30-,31-,32-,33+,34+,35+,36+,37+,41+,42-,43+,44-,45-,49+,50+,51-,52+;21-/m10/s1. The number of methoxy groups -OCH3 is 1. The number of H-pyrrole nitrogens is 2. The maximum absolute atomic E-state index is 15.1. The number of aromatic amines is 2.